The van der Waals surface area contributed by atoms with Crippen LogP contribution in [0.25, 0.3) is 5.57 Å². The number of carbonyl (C=O) groups excluding carboxylic acids is 3. The van der Waals surface area contributed by atoms with Gasteiger partial charge in [0.2, 0.25) is 0 Å². The number of halogens is 2. The van der Waals surface area contributed by atoms with E-state index < -0.39 is 23.2 Å². The van der Waals surface area contributed by atoms with Crippen molar-refractivity contribution in [3.63, 3.8) is 0 Å². The molecular formula is C32H30ClFN6O3. The molecule has 1 fully saturated rings. The Kier molecular flexibility index (Phi) is 9.91. The van der Waals surface area contributed by atoms with Crippen molar-refractivity contribution in [3.8, 4) is 11.8 Å². The molecule has 3 amide bonds. The van der Waals surface area contributed by atoms with Crippen LogP contribution in [-0.2, 0) is 21.7 Å². The summed E-state index contributed by atoms with van der Waals surface area (Å²) in [5.41, 5.74) is 8.72. The molecule has 1 aliphatic carbocycles. The van der Waals surface area contributed by atoms with E-state index in [9.17, 15) is 18.8 Å². The number of hydrogen-bond acceptors (Lipinski definition) is 6. The van der Waals surface area contributed by atoms with E-state index in [1.54, 1.807) is 62.8 Å². The molecule has 0 radical (unpaired) electrons. The third-order valence-electron chi connectivity index (χ3n) is 6.76. The normalized spacial score (nSPS) is 13.8. The van der Waals surface area contributed by atoms with Gasteiger partial charge in [0.15, 0.2) is 0 Å². The smallest absolute Gasteiger partial charge is 0.310 e. The maximum absolute atomic E-state index is 14.7. The number of carbonyl (C=O) groups is 3. The van der Waals surface area contributed by atoms with Gasteiger partial charge in [0.1, 0.15) is 11.5 Å². The van der Waals surface area contributed by atoms with E-state index in [1.807, 2.05) is 6.07 Å². The van der Waals surface area contributed by atoms with Gasteiger partial charge < -0.3 is 21.7 Å². The van der Waals surface area contributed by atoms with Crippen molar-refractivity contribution >= 4 is 41.1 Å². The minimum absolute atomic E-state index is 0.0670. The number of rotatable bonds is 8. The van der Waals surface area contributed by atoms with Gasteiger partial charge in [0.25, 0.3) is 5.91 Å². The average Bonchev–Trinajstić information content (AvgIpc) is 3.77. The molecule has 220 valence electrons. The highest BCUT2D eigenvalue weighted by atomic mass is 35.5. The molecule has 5 N–H and O–H groups in total. The van der Waals surface area contributed by atoms with Crippen LogP contribution in [0.15, 0.2) is 71.5 Å². The lowest BCUT2D eigenvalue weighted by molar-refractivity contribution is -0.139. The highest BCUT2D eigenvalue weighted by molar-refractivity contribution is 6.35. The van der Waals surface area contributed by atoms with Crippen molar-refractivity contribution in [3.05, 3.63) is 105 Å². The number of nitrogens with two attached hydrogens (primary N) is 1. The zero-order valence-electron chi connectivity index (χ0n) is 23.6. The Bertz CT molecular complexity index is 1680. The Hall–Kier alpha value is -5.01. The molecule has 1 aliphatic rings. The van der Waals surface area contributed by atoms with Crippen molar-refractivity contribution in [2.45, 2.75) is 31.8 Å². The van der Waals surface area contributed by atoms with Crippen LogP contribution < -0.4 is 21.7 Å². The summed E-state index contributed by atoms with van der Waals surface area (Å²) in [7, 11) is 1.61. The molecule has 11 heteroatoms. The third kappa shape index (κ3) is 7.84. The molecule has 1 heterocycles. The van der Waals surface area contributed by atoms with Gasteiger partial charge in [-0.15, -0.1) is 0 Å². The first-order valence-corrected chi connectivity index (χ1v) is 13.8. The number of hydrogen-bond donors (Lipinski definition) is 4. The Morgan fingerprint density at radius 3 is 2.56 bits per heavy atom. The van der Waals surface area contributed by atoms with E-state index in [4.69, 9.17) is 17.3 Å². The van der Waals surface area contributed by atoms with Gasteiger partial charge >= 0.3 is 11.8 Å². The van der Waals surface area contributed by atoms with Crippen molar-refractivity contribution in [1.29, 1.82) is 0 Å². The van der Waals surface area contributed by atoms with Crippen molar-refractivity contribution in [2.24, 2.45) is 10.7 Å². The maximum Gasteiger partial charge on any atom is 0.310 e. The van der Waals surface area contributed by atoms with Gasteiger partial charge in [-0.2, -0.15) is 0 Å². The quantitative estimate of drug-likeness (QED) is 0.178. The number of nitrogens with one attached hydrogen (secondary N) is 3. The topological polar surface area (TPSA) is 139 Å². The van der Waals surface area contributed by atoms with Gasteiger partial charge in [0.05, 0.1) is 17.1 Å². The molecule has 0 aliphatic heterocycles. The number of nitrogens with zero attached hydrogens (tertiary/aromatic N) is 2. The zero-order chi connectivity index (χ0) is 31.0. The predicted octanol–water partition coefficient (Wildman–Crippen LogP) is 3.47. The Morgan fingerprint density at radius 2 is 1.86 bits per heavy atom. The van der Waals surface area contributed by atoms with Crippen molar-refractivity contribution in [1.82, 2.24) is 20.9 Å². The van der Waals surface area contributed by atoms with E-state index in [0.29, 0.717) is 57.1 Å². The Balaban J connectivity index is 1.40. The lowest BCUT2D eigenvalue weighted by atomic mass is 9.96. The molecule has 2 aromatic carbocycles. The summed E-state index contributed by atoms with van der Waals surface area (Å²) in [4.78, 5) is 46.1. The third-order valence-corrected chi connectivity index (χ3v) is 7.06. The van der Waals surface area contributed by atoms with Gasteiger partial charge in [-0.3, -0.25) is 19.4 Å². The Labute approximate surface area is 253 Å². The van der Waals surface area contributed by atoms with Gasteiger partial charge in [-0.25, -0.2) is 9.37 Å². The molecule has 4 rings (SSSR count). The summed E-state index contributed by atoms with van der Waals surface area (Å²) in [5.74, 6) is 2.81. The number of benzene rings is 2. The highest BCUT2D eigenvalue weighted by Gasteiger charge is 2.46. The summed E-state index contributed by atoms with van der Waals surface area (Å²) in [5, 5.41) is 8.37. The van der Waals surface area contributed by atoms with Crippen LogP contribution in [0.4, 0.5) is 4.39 Å². The van der Waals surface area contributed by atoms with Crippen LogP contribution in [0.1, 0.15) is 52.5 Å². The van der Waals surface area contributed by atoms with E-state index in [0.717, 1.165) is 0 Å². The fourth-order valence-electron chi connectivity index (χ4n) is 4.41. The monoisotopic (exact) mass is 600 g/mol. The van der Waals surface area contributed by atoms with Crippen LogP contribution in [0.2, 0.25) is 5.02 Å². The Morgan fingerprint density at radius 1 is 1.12 bits per heavy atom. The zero-order valence-corrected chi connectivity index (χ0v) is 24.4. The highest BCUT2D eigenvalue weighted by Crippen LogP contribution is 2.46. The van der Waals surface area contributed by atoms with Gasteiger partial charge in [-0.1, -0.05) is 35.7 Å². The van der Waals surface area contributed by atoms with Gasteiger partial charge in [-0.05, 0) is 78.8 Å². The van der Waals surface area contributed by atoms with Crippen LogP contribution in [-0.4, -0.2) is 42.5 Å². The second kappa shape index (κ2) is 13.8. The molecule has 9 nitrogen and oxygen atoms in total. The van der Waals surface area contributed by atoms with Crippen molar-refractivity contribution in [2.75, 3.05) is 13.6 Å². The van der Waals surface area contributed by atoms with E-state index in [2.05, 4.69) is 37.8 Å². The van der Waals surface area contributed by atoms with Crippen LogP contribution in [0, 0.1) is 17.7 Å². The van der Waals surface area contributed by atoms with Gasteiger partial charge in [0, 0.05) is 42.8 Å². The van der Waals surface area contributed by atoms with Crippen LogP contribution >= 0.6 is 11.6 Å². The second-order valence-electron chi connectivity index (χ2n) is 9.91. The molecule has 3 aromatic rings. The number of amides is 3. The molecule has 43 heavy (non-hydrogen) atoms. The number of allylic oxidation sites excluding steroid dienone is 2. The van der Waals surface area contributed by atoms with E-state index in [1.165, 1.54) is 12.1 Å². The number of pyridine rings is 1. The van der Waals surface area contributed by atoms with Crippen LogP contribution in [0.3, 0.4) is 0 Å². The maximum atomic E-state index is 14.7. The molecule has 1 saturated carbocycles. The minimum atomic E-state index is -0.881. The van der Waals surface area contributed by atoms with Crippen LogP contribution in [0.5, 0.6) is 0 Å². The largest absolute Gasteiger partial charge is 0.402 e. The molecule has 0 atom stereocenters. The fourth-order valence-corrected chi connectivity index (χ4v) is 4.58. The number of aromatic nitrogens is 1. The average molecular weight is 601 g/mol. The summed E-state index contributed by atoms with van der Waals surface area (Å²) in [6.45, 7) is 1.56. The summed E-state index contributed by atoms with van der Waals surface area (Å²) >= 11 is 6.00. The number of aliphatic imine (C=N–C) groups is 1. The first kappa shape index (κ1) is 30.9. The standard InChI is InChI=1S/C32H30ClFN6O3/c1-20(35)26(19-36-2)22-15-23(17-24(34)16-22)32(11-12-32)40-29(41)25-8-4-3-7-21(25)18-39-31(43)30(42)38-14-6-10-28-27(33)9-5-13-37-28/h3-5,7-9,13,15-17,19H,11-12,14,18,35H2,1-2H3,(H,38,42)(H,39,43)(H,40,41). The fraction of sp³-hybridized carbons (Fsp3) is 0.219. The molecule has 1 aromatic heterocycles. The van der Waals surface area contributed by atoms with E-state index in [-0.39, 0.29) is 19.0 Å². The molecular weight excluding hydrogens is 571 g/mol. The van der Waals surface area contributed by atoms with E-state index >= 15 is 0 Å². The van der Waals surface area contributed by atoms with Crippen molar-refractivity contribution < 1.29 is 18.8 Å². The SMILES string of the molecule is CN=CC(=C(C)N)c1cc(F)cc(C2(NC(=O)c3ccccc3CNC(=O)C(=O)NCC#Cc3ncccc3Cl)CC2)c1. The predicted molar refractivity (Wildman–Crippen MR) is 163 cm³/mol. The summed E-state index contributed by atoms with van der Waals surface area (Å²) in [6, 6.07) is 14.6. The first-order valence-electron chi connectivity index (χ1n) is 13.4. The minimum Gasteiger partial charge on any atom is -0.402 e. The molecule has 0 unspecified atom stereocenters. The molecule has 0 spiro atoms. The summed E-state index contributed by atoms with van der Waals surface area (Å²) in [6.07, 6.45) is 4.36. The lowest BCUT2D eigenvalue weighted by Gasteiger charge is -2.21. The lowest BCUT2D eigenvalue weighted by Crippen LogP contribution is -2.40. The molecule has 0 saturated heterocycles. The summed E-state index contributed by atoms with van der Waals surface area (Å²) < 4.78 is 14.7. The first-order chi connectivity index (χ1) is 20.6. The molecule has 0 bridgehead atoms. The second-order valence-corrected chi connectivity index (χ2v) is 10.3.